The van der Waals surface area contributed by atoms with E-state index in [1.807, 2.05) is 12.1 Å². The van der Waals surface area contributed by atoms with E-state index < -0.39 is 29.4 Å². The van der Waals surface area contributed by atoms with Crippen LogP contribution in [-0.4, -0.2) is 41.2 Å². The van der Waals surface area contributed by atoms with E-state index in [1.54, 1.807) is 65.8 Å². The van der Waals surface area contributed by atoms with Crippen molar-refractivity contribution in [2.24, 2.45) is 4.99 Å². The number of hydrogen-bond donors (Lipinski definition) is 3. The summed E-state index contributed by atoms with van der Waals surface area (Å²) in [6.07, 6.45) is -1.10. The molecule has 12 heteroatoms. The van der Waals surface area contributed by atoms with Crippen LogP contribution in [0.25, 0.3) is 0 Å². The van der Waals surface area contributed by atoms with Crippen molar-refractivity contribution in [1.82, 2.24) is 10.6 Å². The van der Waals surface area contributed by atoms with Crippen molar-refractivity contribution in [3.05, 3.63) is 94.0 Å². The van der Waals surface area contributed by atoms with Gasteiger partial charge in [0.05, 0.1) is 5.56 Å². The predicted molar refractivity (Wildman–Crippen MR) is 195 cm³/mol. The monoisotopic (exact) mass is 706 g/mol. The Morgan fingerprint density at radius 1 is 0.780 bits per heavy atom. The van der Waals surface area contributed by atoms with Gasteiger partial charge in [-0.05, 0) is 106 Å². The molecule has 0 saturated carbocycles. The summed E-state index contributed by atoms with van der Waals surface area (Å²) in [5.74, 6) is -0.729. The van der Waals surface area contributed by atoms with E-state index >= 15 is 0 Å². The fraction of sp³-hybridized carbons (Fsp3) is 0.395. The van der Waals surface area contributed by atoms with Gasteiger partial charge in [-0.2, -0.15) is 0 Å². The largest absolute Gasteiger partial charge is 0.444 e. The molecule has 0 fully saturated rings. The second kappa shape index (κ2) is 16.7. The van der Waals surface area contributed by atoms with Crippen LogP contribution in [0.5, 0.6) is 5.75 Å². The lowest BCUT2D eigenvalue weighted by Crippen LogP contribution is -2.40. The molecule has 3 N–H and O–H groups in total. The van der Waals surface area contributed by atoms with Gasteiger partial charge in [0.15, 0.2) is 0 Å². The van der Waals surface area contributed by atoms with Crippen LogP contribution in [0.4, 0.5) is 15.3 Å². The number of benzene rings is 3. The molecule has 50 heavy (non-hydrogen) atoms. The van der Waals surface area contributed by atoms with Crippen LogP contribution < -0.4 is 20.7 Å². The molecular weight excluding hydrogens is 660 g/mol. The maximum atomic E-state index is 12.9. The number of nitrogens with one attached hydrogen (secondary N) is 3. The number of hydrogen-bond acceptors (Lipinski definition) is 7. The molecule has 0 spiro atoms. The SMILES string of the molecule is CC(C)(C)OC(=O)/N=C(/NC(=O)OC(C)(C)C)Nc1ccc(C(=O)Oc2ccc(CCC(=O)NCc3ccc(C(C)(C)C)cc3)c(Cl)c2)cc1. The van der Waals surface area contributed by atoms with Crippen LogP contribution in [0.15, 0.2) is 71.7 Å². The van der Waals surface area contributed by atoms with Gasteiger partial charge in [-0.3, -0.25) is 10.1 Å². The topological polar surface area (TPSA) is 144 Å². The van der Waals surface area contributed by atoms with Gasteiger partial charge >= 0.3 is 18.2 Å². The summed E-state index contributed by atoms with van der Waals surface area (Å²) in [5.41, 5.74) is 2.10. The Balaban J connectivity index is 1.56. The average Bonchev–Trinajstić information content (AvgIpc) is 2.97. The quantitative estimate of drug-likeness (QED) is 0.0918. The first-order chi connectivity index (χ1) is 23.2. The second-order valence-electron chi connectivity index (χ2n) is 14.6. The lowest BCUT2D eigenvalue weighted by atomic mass is 9.87. The highest BCUT2D eigenvalue weighted by atomic mass is 35.5. The molecule has 0 saturated heterocycles. The molecular formula is C38H47ClN4O7. The van der Waals surface area contributed by atoms with E-state index in [1.165, 1.54) is 23.8 Å². The number of rotatable bonds is 8. The van der Waals surface area contributed by atoms with E-state index in [4.69, 9.17) is 25.8 Å². The number of aliphatic imine (C=N–C) groups is 1. The summed E-state index contributed by atoms with van der Waals surface area (Å²) in [7, 11) is 0. The van der Waals surface area contributed by atoms with Crippen molar-refractivity contribution in [1.29, 1.82) is 0 Å². The Morgan fingerprint density at radius 3 is 1.96 bits per heavy atom. The lowest BCUT2D eigenvalue weighted by molar-refractivity contribution is -0.121. The number of aryl methyl sites for hydroxylation is 1. The fourth-order valence-electron chi connectivity index (χ4n) is 4.31. The Kier molecular flexibility index (Phi) is 13.2. The van der Waals surface area contributed by atoms with Gasteiger partial charge in [-0.15, -0.1) is 4.99 Å². The third-order valence-electron chi connectivity index (χ3n) is 6.77. The van der Waals surface area contributed by atoms with Crippen molar-refractivity contribution in [2.45, 2.75) is 98.3 Å². The van der Waals surface area contributed by atoms with E-state index in [9.17, 15) is 19.2 Å². The van der Waals surface area contributed by atoms with Gasteiger partial charge in [0.1, 0.15) is 17.0 Å². The van der Waals surface area contributed by atoms with Gasteiger partial charge in [0.2, 0.25) is 11.9 Å². The zero-order valence-corrected chi connectivity index (χ0v) is 30.9. The highest BCUT2D eigenvalue weighted by Gasteiger charge is 2.21. The molecule has 3 aromatic carbocycles. The number of carbonyl (C=O) groups excluding carboxylic acids is 4. The van der Waals surface area contributed by atoms with Crippen molar-refractivity contribution < 1.29 is 33.4 Å². The molecule has 0 radical (unpaired) electrons. The first kappa shape index (κ1) is 39.5. The summed E-state index contributed by atoms with van der Waals surface area (Å²) in [6, 6.07) is 19.2. The number of halogens is 1. The third-order valence-corrected chi connectivity index (χ3v) is 7.12. The molecule has 11 nitrogen and oxygen atoms in total. The molecule has 0 aromatic heterocycles. The van der Waals surface area contributed by atoms with Crippen LogP contribution in [0.1, 0.15) is 95.8 Å². The highest BCUT2D eigenvalue weighted by Crippen LogP contribution is 2.25. The minimum absolute atomic E-state index is 0.0659. The van der Waals surface area contributed by atoms with E-state index in [0.717, 1.165) is 11.1 Å². The number of ether oxygens (including phenoxy) is 3. The first-order valence-corrected chi connectivity index (χ1v) is 16.6. The normalized spacial score (nSPS) is 12.1. The summed E-state index contributed by atoms with van der Waals surface area (Å²) in [5, 5.41) is 8.54. The smallest absolute Gasteiger partial charge is 0.437 e. The van der Waals surface area contributed by atoms with E-state index in [2.05, 4.69) is 53.8 Å². The van der Waals surface area contributed by atoms with Crippen molar-refractivity contribution >= 4 is 47.3 Å². The highest BCUT2D eigenvalue weighted by molar-refractivity contribution is 6.31. The third kappa shape index (κ3) is 13.9. The molecule has 3 aromatic rings. The number of guanidine groups is 1. The van der Waals surface area contributed by atoms with Crippen LogP contribution in [0, 0.1) is 0 Å². The van der Waals surface area contributed by atoms with Crippen LogP contribution in [-0.2, 0) is 32.6 Å². The number of anilines is 1. The van der Waals surface area contributed by atoms with Crippen molar-refractivity contribution in [3.63, 3.8) is 0 Å². The van der Waals surface area contributed by atoms with Crippen molar-refractivity contribution in [2.75, 3.05) is 5.32 Å². The number of nitrogens with zero attached hydrogens (tertiary/aromatic N) is 1. The summed E-state index contributed by atoms with van der Waals surface area (Å²) in [4.78, 5) is 53.9. The van der Waals surface area contributed by atoms with Crippen LogP contribution in [0.2, 0.25) is 5.02 Å². The Labute approximate surface area is 299 Å². The molecule has 0 aliphatic carbocycles. The van der Waals surface area contributed by atoms with Gasteiger partial charge in [0, 0.05) is 23.7 Å². The van der Waals surface area contributed by atoms with Gasteiger partial charge in [0.25, 0.3) is 0 Å². The van der Waals surface area contributed by atoms with Gasteiger partial charge < -0.3 is 24.8 Å². The zero-order valence-electron chi connectivity index (χ0n) is 30.2. The molecule has 3 rings (SSSR count). The molecule has 0 bridgehead atoms. The molecule has 268 valence electrons. The lowest BCUT2D eigenvalue weighted by Gasteiger charge is -2.21. The maximum Gasteiger partial charge on any atom is 0.437 e. The second-order valence-corrected chi connectivity index (χ2v) is 15.0. The van der Waals surface area contributed by atoms with Crippen LogP contribution >= 0.6 is 11.6 Å². The average molecular weight is 707 g/mol. The number of carbonyl (C=O) groups is 4. The molecule has 0 heterocycles. The fourth-order valence-corrected chi connectivity index (χ4v) is 4.57. The van der Waals surface area contributed by atoms with E-state index in [0.29, 0.717) is 23.7 Å². The van der Waals surface area contributed by atoms with Crippen LogP contribution in [0.3, 0.4) is 0 Å². The summed E-state index contributed by atoms with van der Waals surface area (Å²) in [6.45, 7) is 17.1. The first-order valence-electron chi connectivity index (χ1n) is 16.2. The minimum Gasteiger partial charge on any atom is -0.444 e. The molecule has 0 aliphatic rings. The predicted octanol–water partition coefficient (Wildman–Crippen LogP) is 8.33. The maximum absolute atomic E-state index is 12.9. The van der Waals surface area contributed by atoms with E-state index in [-0.39, 0.29) is 35.0 Å². The molecule has 0 unspecified atom stereocenters. The molecule has 0 atom stereocenters. The van der Waals surface area contributed by atoms with Crippen molar-refractivity contribution in [3.8, 4) is 5.75 Å². The van der Waals surface area contributed by atoms with Gasteiger partial charge in [-0.25, -0.2) is 14.4 Å². The number of amides is 3. The minimum atomic E-state index is -0.929. The molecule has 0 aliphatic heterocycles. The Hall–Kier alpha value is -4.90. The Morgan fingerprint density at radius 2 is 1.40 bits per heavy atom. The summed E-state index contributed by atoms with van der Waals surface area (Å²) >= 11 is 6.46. The van der Waals surface area contributed by atoms with Gasteiger partial charge in [-0.1, -0.05) is 62.7 Å². The summed E-state index contributed by atoms with van der Waals surface area (Å²) < 4.78 is 16.0. The number of alkyl carbamates (subject to hydrolysis) is 1. The standard InChI is InChI=1S/C38H47ClN4O7/c1-36(2,3)27-16-10-24(11-17-27)23-40-31(44)21-15-25-14-20-29(22-30(25)39)48-32(45)26-12-18-28(19-13-26)41-33(42-34(46)49-37(4,5)6)43-35(47)50-38(7,8)9/h10-14,16-20,22H,15,21,23H2,1-9H3,(H,40,44)(H2,41,42,43,46,47). The zero-order chi connectivity index (χ0) is 37.3. The number of esters is 1. The Bertz CT molecular complexity index is 1700. The molecule has 3 amide bonds.